The van der Waals surface area contributed by atoms with Crippen molar-refractivity contribution >= 4 is 16.9 Å². The number of carbonyl (C=O) groups is 1. The molecule has 1 amide bonds. The Morgan fingerprint density at radius 3 is 2.72 bits per heavy atom. The van der Waals surface area contributed by atoms with Crippen molar-refractivity contribution < 1.29 is 4.79 Å². The Morgan fingerprint density at radius 1 is 1.16 bits per heavy atom. The van der Waals surface area contributed by atoms with Gasteiger partial charge in [0.25, 0.3) is 5.91 Å². The van der Waals surface area contributed by atoms with Gasteiger partial charge in [0.05, 0.1) is 11.0 Å². The molecule has 3 N–H and O–H groups in total. The van der Waals surface area contributed by atoms with Gasteiger partial charge in [0.2, 0.25) is 0 Å². The van der Waals surface area contributed by atoms with Gasteiger partial charge in [-0.2, -0.15) is 5.10 Å². The number of hydrogen-bond acceptors (Lipinski definition) is 5. The van der Waals surface area contributed by atoms with Crippen LogP contribution in [-0.2, 0) is 0 Å². The number of benzene rings is 1. The molecule has 1 atom stereocenters. The van der Waals surface area contributed by atoms with Crippen molar-refractivity contribution in [2.24, 2.45) is 0 Å². The van der Waals surface area contributed by atoms with Crippen molar-refractivity contribution in [2.45, 2.75) is 18.8 Å². The number of nitrogens with zero attached hydrogens (tertiary/aromatic N) is 3. The zero-order valence-corrected chi connectivity index (χ0v) is 13.3. The summed E-state index contributed by atoms with van der Waals surface area (Å²) in [5.74, 6) is 0.813. The molecule has 0 bridgehead atoms. The Balaban J connectivity index is 1.61. The zero-order valence-electron chi connectivity index (χ0n) is 13.3. The highest BCUT2D eigenvalue weighted by molar-refractivity contribution is 5.97. The molecule has 1 fully saturated rings. The van der Waals surface area contributed by atoms with E-state index in [0.717, 1.165) is 18.7 Å². The van der Waals surface area contributed by atoms with Gasteiger partial charge in [0, 0.05) is 24.6 Å². The Bertz CT molecular complexity index is 1040. The lowest BCUT2D eigenvalue weighted by Gasteiger charge is -2.31. The van der Waals surface area contributed by atoms with Crippen molar-refractivity contribution in [1.29, 1.82) is 0 Å². The first-order valence-electron chi connectivity index (χ1n) is 8.03. The van der Waals surface area contributed by atoms with Gasteiger partial charge in [-0.1, -0.05) is 0 Å². The molecule has 0 radical (unpaired) electrons. The summed E-state index contributed by atoms with van der Waals surface area (Å²) in [6, 6.07) is 4.86. The van der Waals surface area contributed by atoms with Gasteiger partial charge in [-0.25, -0.2) is 4.98 Å². The highest BCUT2D eigenvalue weighted by Gasteiger charge is 2.27. The summed E-state index contributed by atoms with van der Waals surface area (Å²) < 4.78 is 0. The van der Waals surface area contributed by atoms with Crippen LogP contribution in [0, 0.1) is 0 Å². The minimum atomic E-state index is -0.736. The van der Waals surface area contributed by atoms with Crippen molar-refractivity contribution in [1.82, 2.24) is 30.0 Å². The van der Waals surface area contributed by atoms with E-state index in [4.69, 9.17) is 0 Å². The molecule has 4 rings (SSSR count). The van der Waals surface area contributed by atoms with Gasteiger partial charge in [0.1, 0.15) is 12.2 Å². The molecular weight excluding hydrogens is 324 g/mol. The topological polar surface area (TPSA) is 128 Å². The Labute approximate surface area is 141 Å². The Morgan fingerprint density at radius 2 is 1.96 bits per heavy atom. The van der Waals surface area contributed by atoms with Crippen LogP contribution < -0.4 is 11.1 Å². The average Bonchev–Trinajstić information content (AvgIpc) is 3.16. The van der Waals surface area contributed by atoms with E-state index in [0.29, 0.717) is 29.7 Å². The number of hydrogen-bond donors (Lipinski definition) is 3. The molecule has 128 valence electrons. The number of carbonyl (C=O) groups excluding carboxylic acids is 1. The molecule has 0 aliphatic carbocycles. The maximum absolute atomic E-state index is 12.8. The molecule has 9 heteroatoms. The molecule has 9 nitrogen and oxygen atoms in total. The lowest BCUT2D eigenvalue weighted by atomic mass is 9.96. The number of rotatable bonds is 2. The molecule has 1 aromatic carbocycles. The van der Waals surface area contributed by atoms with Crippen molar-refractivity contribution in [3.05, 3.63) is 56.6 Å². The summed E-state index contributed by atoms with van der Waals surface area (Å²) in [6.45, 7) is 1.23. The van der Waals surface area contributed by atoms with Gasteiger partial charge < -0.3 is 14.9 Å². The monoisotopic (exact) mass is 340 g/mol. The van der Waals surface area contributed by atoms with Gasteiger partial charge in [-0.15, -0.1) is 0 Å². The van der Waals surface area contributed by atoms with E-state index >= 15 is 0 Å². The highest BCUT2D eigenvalue weighted by atomic mass is 16.2. The molecule has 3 heterocycles. The molecule has 0 saturated carbocycles. The Hall–Kier alpha value is -3.23. The molecule has 25 heavy (non-hydrogen) atoms. The van der Waals surface area contributed by atoms with E-state index < -0.39 is 11.1 Å². The lowest BCUT2D eigenvalue weighted by molar-refractivity contribution is 0.0705. The van der Waals surface area contributed by atoms with Crippen LogP contribution in [0.4, 0.5) is 0 Å². The van der Waals surface area contributed by atoms with Crippen molar-refractivity contribution in [3.63, 3.8) is 0 Å². The predicted octanol–water partition coefficient (Wildman–Crippen LogP) is 0.354. The largest absolute Gasteiger partial charge is 0.338 e. The van der Waals surface area contributed by atoms with Gasteiger partial charge in [-0.05, 0) is 31.0 Å². The number of aromatic amines is 3. The van der Waals surface area contributed by atoms with E-state index in [-0.39, 0.29) is 11.8 Å². The highest BCUT2D eigenvalue weighted by Crippen LogP contribution is 2.25. The number of H-pyrrole nitrogens is 3. The summed E-state index contributed by atoms with van der Waals surface area (Å²) in [5.41, 5.74) is -0.0649. The maximum atomic E-state index is 12.8. The second kappa shape index (κ2) is 6.00. The van der Waals surface area contributed by atoms with Crippen LogP contribution in [-0.4, -0.2) is 49.0 Å². The first-order chi connectivity index (χ1) is 12.1. The number of likely N-dealkylation sites (tertiary alicyclic amines) is 1. The normalized spacial score (nSPS) is 17.8. The molecular formula is C16H16N6O3. The molecule has 0 unspecified atom stereocenters. The molecule has 1 aliphatic rings. The first kappa shape index (κ1) is 15.3. The standard InChI is InChI=1S/C16H16N6O3/c23-14-15(24)20-12-6-9(3-4-11(12)19-14)16(25)22-5-1-2-10(7-22)13-17-8-18-21-13/h3-4,6,8,10H,1-2,5,7H2,(H,19,23)(H,20,24)(H,17,18,21)/t10-/m0/s1. The summed E-state index contributed by atoms with van der Waals surface area (Å²) >= 11 is 0. The molecule has 3 aromatic rings. The van der Waals surface area contributed by atoms with Crippen LogP contribution >= 0.6 is 0 Å². The maximum Gasteiger partial charge on any atom is 0.314 e. The number of nitrogens with one attached hydrogen (secondary N) is 3. The summed E-state index contributed by atoms with van der Waals surface area (Å²) in [4.78, 5) is 46.6. The molecule has 1 aliphatic heterocycles. The second-order valence-electron chi connectivity index (χ2n) is 6.13. The van der Waals surface area contributed by atoms with Crippen LogP contribution in [0.5, 0.6) is 0 Å². The van der Waals surface area contributed by atoms with Crippen LogP contribution in [0.2, 0.25) is 0 Å². The molecule has 0 spiro atoms. The summed E-state index contributed by atoms with van der Waals surface area (Å²) in [7, 11) is 0. The lowest BCUT2D eigenvalue weighted by Crippen LogP contribution is -2.39. The van der Waals surface area contributed by atoms with E-state index in [9.17, 15) is 14.4 Å². The van der Waals surface area contributed by atoms with E-state index in [2.05, 4.69) is 25.1 Å². The minimum Gasteiger partial charge on any atom is -0.338 e. The number of amides is 1. The zero-order chi connectivity index (χ0) is 17.4. The second-order valence-corrected chi connectivity index (χ2v) is 6.13. The average molecular weight is 340 g/mol. The predicted molar refractivity (Wildman–Crippen MR) is 89.5 cm³/mol. The smallest absolute Gasteiger partial charge is 0.314 e. The third kappa shape index (κ3) is 2.84. The van der Waals surface area contributed by atoms with Gasteiger partial charge in [0.15, 0.2) is 0 Å². The van der Waals surface area contributed by atoms with Gasteiger partial charge >= 0.3 is 11.1 Å². The fourth-order valence-corrected chi connectivity index (χ4v) is 3.23. The minimum absolute atomic E-state index is 0.113. The third-order valence-corrected chi connectivity index (χ3v) is 4.50. The Kier molecular flexibility index (Phi) is 3.68. The van der Waals surface area contributed by atoms with Crippen LogP contribution in [0.3, 0.4) is 0 Å². The van der Waals surface area contributed by atoms with E-state index in [1.807, 2.05) is 0 Å². The van der Waals surface area contributed by atoms with Crippen LogP contribution in [0.15, 0.2) is 34.1 Å². The first-order valence-corrected chi connectivity index (χ1v) is 8.03. The van der Waals surface area contributed by atoms with Gasteiger partial charge in [-0.3, -0.25) is 19.5 Å². The van der Waals surface area contributed by atoms with Crippen LogP contribution in [0.25, 0.3) is 11.0 Å². The van der Waals surface area contributed by atoms with Crippen LogP contribution in [0.1, 0.15) is 34.9 Å². The molecule has 1 saturated heterocycles. The fraction of sp³-hybridized carbons (Fsp3) is 0.312. The SMILES string of the molecule is O=C(c1ccc2[nH]c(=O)c(=O)[nH]c2c1)N1CCC[C@H](c2ncn[nH]2)C1. The van der Waals surface area contributed by atoms with Crippen molar-refractivity contribution in [3.8, 4) is 0 Å². The van der Waals surface area contributed by atoms with Crippen molar-refractivity contribution in [2.75, 3.05) is 13.1 Å². The quantitative estimate of drug-likeness (QED) is 0.580. The van der Waals surface area contributed by atoms with E-state index in [1.165, 1.54) is 6.33 Å². The van der Waals surface area contributed by atoms with E-state index in [1.54, 1.807) is 23.1 Å². The summed E-state index contributed by atoms with van der Waals surface area (Å²) in [5, 5.41) is 6.74. The fourth-order valence-electron chi connectivity index (χ4n) is 3.23. The number of fused-ring (bicyclic) bond motifs is 1. The third-order valence-electron chi connectivity index (χ3n) is 4.50. The summed E-state index contributed by atoms with van der Waals surface area (Å²) in [6.07, 6.45) is 3.30. The molecule has 2 aromatic heterocycles. The number of piperidine rings is 1. The number of aromatic nitrogens is 5.